The van der Waals surface area contributed by atoms with Crippen LogP contribution in [-0.2, 0) is 0 Å². The summed E-state index contributed by atoms with van der Waals surface area (Å²) in [5.74, 6) is -0.0410. The Morgan fingerprint density at radius 1 is 1.17 bits per heavy atom. The van der Waals surface area contributed by atoms with Gasteiger partial charge >= 0.3 is 155 Å². The summed E-state index contributed by atoms with van der Waals surface area (Å²) < 4.78 is 3.42. The van der Waals surface area contributed by atoms with E-state index in [4.69, 9.17) is 28.9 Å². The second-order valence-corrected chi connectivity index (χ2v) is 8.03. The quantitative estimate of drug-likeness (QED) is 0.468. The van der Waals surface area contributed by atoms with E-state index >= 15 is 0 Å². The van der Waals surface area contributed by atoms with Gasteiger partial charge in [0.2, 0.25) is 0 Å². The van der Waals surface area contributed by atoms with Gasteiger partial charge in [0.1, 0.15) is 0 Å². The maximum atomic E-state index is 10.2. The van der Waals surface area contributed by atoms with Gasteiger partial charge in [0.15, 0.2) is 0 Å². The number of halogens is 3. The molecule has 1 aromatic carbocycles. The molecule has 2 radical (unpaired) electrons. The molecule has 0 aliphatic heterocycles. The molecule has 2 aromatic heterocycles. The van der Waals surface area contributed by atoms with Crippen molar-refractivity contribution in [2.24, 2.45) is 0 Å². The molecule has 0 amide bonds. The third-order valence-electron chi connectivity index (χ3n) is 3.87. The Labute approximate surface area is 154 Å². The van der Waals surface area contributed by atoms with Gasteiger partial charge in [-0.3, -0.25) is 0 Å². The fraction of sp³-hybridized carbons (Fsp3) is 0.200. The summed E-state index contributed by atoms with van der Waals surface area (Å²) >= 11 is 11.5. The standard InChI is InChI=1S/C15H10BCl2IN3O/c16-19-14-6-12-13(22(14)8-1-2-8)5-11(20-21-12)9-3-7(17)4-10(18)15(9)23/h3-6,8,23H,1-2H2/q-1. The summed E-state index contributed by atoms with van der Waals surface area (Å²) in [6.07, 6.45) is 2.32. The monoisotopic (exact) mass is 456 g/mol. The van der Waals surface area contributed by atoms with Crippen LogP contribution in [0.2, 0.25) is 10.0 Å². The molecule has 0 atom stereocenters. The minimum absolute atomic E-state index is 0.0410. The van der Waals surface area contributed by atoms with E-state index < -0.39 is 21.0 Å². The van der Waals surface area contributed by atoms with Gasteiger partial charge in [0.25, 0.3) is 0 Å². The molecule has 0 bridgehead atoms. The zero-order chi connectivity index (χ0) is 16.1. The van der Waals surface area contributed by atoms with Crippen LogP contribution in [0.1, 0.15) is 18.9 Å². The number of aromatic nitrogens is 3. The molecule has 116 valence electrons. The first-order valence-corrected chi connectivity index (χ1v) is 10.1. The van der Waals surface area contributed by atoms with Crippen molar-refractivity contribution < 1.29 is 26.1 Å². The topological polar surface area (TPSA) is 50.9 Å². The van der Waals surface area contributed by atoms with Gasteiger partial charge in [-0.25, -0.2) is 0 Å². The van der Waals surface area contributed by atoms with Crippen LogP contribution in [0.4, 0.5) is 0 Å². The van der Waals surface area contributed by atoms with E-state index in [0.29, 0.717) is 22.3 Å². The van der Waals surface area contributed by atoms with E-state index in [1.807, 2.05) is 12.1 Å². The molecule has 23 heavy (non-hydrogen) atoms. The van der Waals surface area contributed by atoms with Crippen molar-refractivity contribution >= 4 is 39.9 Å². The molecule has 2 heterocycles. The molecule has 8 heteroatoms. The van der Waals surface area contributed by atoms with Gasteiger partial charge in [-0.1, -0.05) is 0 Å². The predicted octanol–water partition coefficient (Wildman–Crippen LogP) is 0.788. The number of phenols is 1. The van der Waals surface area contributed by atoms with Gasteiger partial charge in [-0.05, 0) is 0 Å². The zero-order valence-corrected chi connectivity index (χ0v) is 15.5. The third-order valence-corrected chi connectivity index (χ3v) is 5.85. The summed E-state index contributed by atoms with van der Waals surface area (Å²) in [5.41, 5.74) is 8.80. The second-order valence-electron chi connectivity index (χ2n) is 5.46. The van der Waals surface area contributed by atoms with Crippen LogP contribution in [0, 0.1) is 3.70 Å². The van der Waals surface area contributed by atoms with Crippen LogP contribution in [-0.4, -0.2) is 25.6 Å². The molecule has 1 N–H and O–H groups in total. The van der Waals surface area contributed by atoms with Crippen molar-refractivity contribution in [3.8, 4) is 17.0 Å². The maximum absolute atomic E-state index is 10.2. The Bertz CT molecular complexity index is 927. The van der Waals surface area contributed by atoms with Gasteiger partial charge in [0, 0.05) is 0 Å². The Hall–Kier alpha value is -0.985. The molecule has 4 nitrogen and oxygen atoms in total. The van der Waals surface area contributed by atoms with Gasteiger partial charge in [-0.15, -0.1) is 0 Å². The van der Waals surface area contributed by atoms with Gasteiger partial charge in [-0.2, -0.15) is 0 Å². The van der Waals surface area contributed by atoms with Gasteiger partial charge in [0.05, 0.1) is 0 Å². The molecule has 4 rings (SSSR count). The molecule has 3 aromatic rings. The van der Waals surface area contributed by atoms with E-state index in [9.17, 15) is 5.11 Å². The number of fused-ring (bicyclic) bond motifs is 1. The van der Waals surface area contributed by atoms with E-state index in [-0.39, 0.29) is 10.8 Å². The fourth-order valence-electron chi connectivity index (χ4n) is 2.67. The van der Waals surface area contributed by atoms with Crippen molar-refractivity contribution in [1.82, 2.24) is 14.8 Å². The zero-order valence-electron chi connectivity index (χ0n) is 11.8. The first-order chi connectivity index (χ1) is 11.1. The minimum atomic E-state index is -0.533. The van der Waals surface area contributed by atoms with Crippen LogP contribution in [0.25, 0.3) is 22.3 Å². The average molecular weight is 457 g/mol. The Balaban J connectivity index is 1.94. The summed E-state index contributed by atoms with van der Waals surface area (Å²) in [5, 5.41) is 19.4. The first-order valence-electron chi connectivity index (χ1n) is 6.99. The van der Waals surface area contributed by atoms with Crippen molar-refractivity contribution in [3.05, 3.63) is 38.0 Å². The molecule has 1 saturated carbocycles. The summed E-state index contributed by atoms with van der Waals surface area (Å²) in [6, 6.07) is 7.57. The van der Waals surface area contributed by atoms with Crippen molar-refractivity contribution in [3.63, 3.8) is 0 Å². The van der Waals surface area contributed by atoms with Gasteiger partial charge < -0.3 is 0 Å². The number of phenolic OH excluding ortho intramolecular Hbond substituents is 1. The van der Waals surface area contributed by atoms with Crippen molar-refractivity contribution in [2.75, 3.05) is 0 Å². The molecule has 1 aliphatic carbocycles. The molecule has 0 spiro atoms. The Morgan fingerprint density at radius 3 is 2.65 bits per heavy atom. The number of hydrogen-bond donors (Lipinski definition) is 1. The summed E-state index contributed by atoms with van der Waals surface area (Å²) in [7, 11) is 0. The first kappa shape index (κ1) is 15.5. The average Bonchev–Trinajstić information content (AvgIpc) is 3.30. The van der Waals surface area contributed by atoms with Crippen LogP contribution < -0.4 is 21.0 Å². The van der Waals surface area contributed by atoms with Crippen LogP contribution >= 0.6 is 23.2 Å². The second kappa shape index (κ2) is 5.83. The molecule has 0 saturated heterocycles. The van der Waals surface area contributed by atoms with E-state index in [1.54, 1.807) is 6.07 Å². The summed E-state index contributed by atoms with van der Waals surface area (Å²) in [6.45, 7) is 0. The number of rotatable bonds is 3. The van der Waals surface area contributed by atoms with E-state index in [0.717, 1.165) is 27.6 Å². The SMILES string of the molecule is [B][I-]c1cc2nnc(-c3cc(Cl)cc(Cl)c3O)cc2n1C1CC1. The number of aromatic hydroxyl groups is 1. The van der Waals surface area contributed by atoms with Crippen molar-refractivity contribution in [1.29, 1.82) is 0 Å². The molecule has 0 unspecified atom stereocenters. The molecular weight excluding hydrogens is 447 g/mol. The van der Waals surface area contributed by atoms with Crippen LogP contribution in [0.15, 0.2) is 24.3 Å². The predicted molar refractivity (Wildman–Crippen MR) is 87.4 cm³/mol. The number of benzene rings is 1. The normalized spacial score (nSPS) is 14.7. The Kier molecular flexibility index (Phi) is 3.94. The number of hydrogen-bond acceptors (Lipinski definition) is 3. The van der Waals surface area contributed by atoms with Crippen LogP contribution in [0.3, 0.4) is 0 Å². The van der Waals surface area contributed by atoms with Crippen LogP contribution in [0.5, 0.6) is 5.75 Å². The van der Waals surface area contributed by atoms with Crippen molar-refractivity contribution in [2.45, 2.75) is 18.9 Å². The third kappa shape index (κ3) is 2.70. The van der Waals surface area contributed by atoms with E-state index in [1.165, 1.54) is 6.07 Å². The fourth-order valence-corrected chi connectivity index (χ4v) is 4.59. The van der Waals surface area contributed by atoms with E-state index in [2.05, 4.69) is 14.8 Å². The molecule has 1 aliphatic rings. The molecular formula is C15H10BCl2IN3O-. The summed E-state index contributed by atoms with van der Waals surface area (Å²) in [4.78, 5) is 0. The Morgan fingerprint density at radius 2 is 1.96 bits per heavy atom. The molecule has 1 fully saturated rings. The number of nitrogens with zero attached hydrogens (tertiary/aromatic N) is 3.